The van der Waals surface area contributed by atoms with Crippen LogP contribution >= 0.6 is 15.9 Å². The summed E-state index contributed by atoms with van der Waals surface area (Å²) in [6.07, 6.45) is -1.59. The fraction of sp³-hybridized carbons (Fsp3) is 0.333. The zero-order valence-corrected chi connectivity index (χ0v) is 22.9. The number of unbranched alkanes of at least 4 members (excludes halogenated alkanes) is 2. The number of hydrogen-bond acceptors (Lipinski definition) is 5. The number of ether oxygens (including phenoxy) is 1. The number of allylic oxidation sites excluding steroid dienone is 1. The van der Waals surface area contributed by atoms with Crippen LogP contribution in [0.4, 0.5) is 23.7 Å². The molecule has 1 heterocycles. The van der Waals surface area contributed by atoms with Gasteiger partial charge in [-0.1, -0.05) is 34.5 Å². The van der Waals surface area contributed by atoms with Crippen molar-refractivity contribution in [2.75, 3.05) is 17.3 Å². The van der Waals surface area contributed by atoms with Gasteiger partial charge in [0.1, 0.15) is 6.04 Å². The minimum atomic E-state index is -4.66. The lowest BCUT2D eigenvalue weighted by Gasteiger charge is -2.43. The number of guanidine groups is 1. The average Bonchev–Trinajstić information content (AvgIpc) is 2.89. The summed E-state index contributed by atoms with van der Waals surface area (Å²) in [4.78, 5) is 27.9. The van der Waals surface area contributed by atoms with Gasteiger partial charge in [-0.3, -0.25) is 15.2 Å². The van der Waals surface area contributed by atoms with Gasteiger partial charge in [0.2, 0.25) is 5.96 Å². The molecule has 206 valence electrons. The van der Waals surface area contributed by atoms with Crippen LogP contribution in [-0.2, 0) is 22.1 Å². The number of nitrogens with one attached hydrogen (secondary N) is 1. The van der Waals surface area contributed by atoms with Crippen LogP contribution in [0, 0.1) is 16.7 Å². The number of benzene rings is 2. The van der Waals surface area contributed by atoms with Crippen LogP contribution in [-0.4, -0.2) is 35.3 Å². The number of halogens is 4. The second-order valence-corrected chi connectivity index (χ2v) is 9.63. The van der Waals surface area contributed by atoms with E-state index in [-0.39, 0.29) is 17.0 Å². The molecule has 2 aromatic carbocycles. The molecule has 2 aromatic rings. The summed E-state index contributed by atoms with van der Waals surface area (Å²) in [6, 6.07) is 8.78. The van der Waals surface area contributed by atoms with Crippen molar-refractivity contribution in [3.8, 4) is 6.07 Å². The van der Waals surface area contributed by atoms with Gasteiger partial charge in [0, 0.05) is 16.7 Å². The van der Waals surface area contributed by atoms with Gasteiger partial charge in [0.15, 0.2) is 0 Å². The van der Waals surface area contributed by atoms with Gasteiger partial charge in [-0.05, 0) is 67.6 Å². The molecule has 0 saturated carbocycles. The second kappa shape index (κ2) is 12.3. The molecule has 0 radical (unpaired) electrons. The van der Waals surface area contributed by atoms with E-state index in [2.05, 4.69) is 22.0 Å². The smallest absolute Gasteiger partial charge is 0.416 e. The molecule has 1 aliphatic rings. The van der Waals surface area contributed by atoms with E-state index in [1.54, 1.807) is 12.1 Å². The molecule has 12 heteroatoms. The lowest BCUT2D eigenvalue weighted by Crippen LogP contribution is -2.55. The van der Waals surface area contributed by atoms with Gasteiger partial charge in [-0.15, -0.1) is 0 Å². The number of nitriles is 1. The highest BCUT2D eigenvalue weighted by atomic mass is 79.9. The molecule has 0 bridgehead atoms. The summed E-state index contributed by atoms with van der Waals surface area (Å²) in [5.41, 5.74) is 6.20. The second-order valence-electron chi connectivity index (χ2n) is 8.83. The molecule has 0 fully saturated rings. The molecule has 2 amide bonds. The molecule has 0 spiro atoms. The van der Waals surface area contributed by atoms with Crippen molar-refractivity contribution in [2.24, 2.45) is 5.73 Å². The Labute approximate surface area is 232 Å². The summed E-state index contributed by atoms with van der Waals surface area (Å²) >= 11 is 3.40. The third-order valence-electron chi connectivity index (χ3n) is 6.42. The monoisotopic (exact) mass is 605 g/mol. The van der Waals surface area contributed by atoms with Gasteiger partial charge in [0.25, 0.3) is 0 Å². The molecule has 0 aromatic heterocycles. The van der Waals surface area contributed by atoms with Crippen molar-refractivity contribution in [3.63, 3.8) is 0 Å². The van der Waals surface area contributed by atoms with E-state index >= 15 is 0 Å². The van der Waals surface area contributed by atoms with Crippen molar-refractivity contribution in [1.82, 2.24) is 4.90 Å². The standard InChI is InChI=1S/C27H27BrF3N5O3/c1-16-22(24(37)39-2)23(21-11-10-17(15-32)13-18(21)7-4-3-5-12-28)36(26(34)38)25(33)35(16)20-9-6-8-19(14-20)27(29,30)31/h6,8-11,13-14,23,33H,3-5,7,12H2,1-2H3,(H2,34,38)/t23-/m1/s1. The molecule has 1 aliphatic heterocycles. The maximum absolute atomic E-state index is 13.5. The van der Waals surface area contributed by atoms with Crippen LogP contribution in [0.1, 0.15) is 54.5 Å². The Bertz CT molecular complexity index is 1350. The molecule has 3 rings (SSSR count). The Morgan fingerprint density at radius 3 is 2.49 bits per heavy atom. The number of hydrogen-bond donors (Lipinski definition) is 2. The number of primary amides is 1. The van der Waals surface area contributed by atoms with Gasteiger partial charge in [-0.25, -0.2) is 9.59 Å². The maximum atomic E-state index is 13.5. The highest BCUT2D eigenvalue weighted by molar-refractivity contribution is 9.09. The quantitative estimate of drug-likeness (QED) is 0.217. The van der Waals surface area contributed by atoms with E-state index in [1.807, 2.05) is 0 Å². The van der Waals surface area contributed by atoms with Crippen LogP contribution in [0.15, 0.2) is 53.7 Å². The molecular formula is C27H27BrF3N5O3. The number of nitrogens with zero attached hydrogens (tertiary/aromatic N) is 3. The normalized spacial score (nSPS) is 15.8. The first kappa shape index (κ1) is 29.7. The summed E-state index contributed by atoms with van der Waals surface area (Å²) in [7, 11) is 1.14. The zero-order valence-electron chi connectivity index (χ0n) is 21.3. The van der Waals surface area contributed by atoms with E-state index in [1.165, 1.54) is 25.1 Å². The first-order chi connectivity index (χ1) is 18.5. The zero-order chi connectivity index (χ0) is 28.9. The van der Waals surface area contributed by atoms with Crippen LogP contribution in [0.5, 0.6) is 0 Å². The lowest BCUT2D eigenvalue weighted by molar-refractivity contribution is -0.138. The van der Waals surface area contributed by atoms with Crippen LogP contribution in [0.3, 0.4) is 0 Å². The number of anilines is 1. The topological polar surface area (TPSA) is 124 Å². The molecule has 0 saturated heterocycles. The van der Waals surface area contributed by atoms with Crippen molar-refractivity contribution < 1.29 is 27.5 Å². The van der Waals surface area contributed by atoms with Gasteiger partial charge >= 0.3 is 18.2 Å². The number of methoxy groups -OCH3 is 1. The number of alkyl halides is 4. The first-order valence-electron chi connectivity index (χ1n) is 12.0. The minimum Gasteiger partial charge on any atom is -0.466 e. The first-order valence-corrected chi connectivity index (χ1v) is 13.1. The van der Waals surface area contributed by atoms with Crippen molar-refractivity contribution in [3.05, 3.63) is 76.0 Å². The van der Waals surface area contributed by atoms with Gasteiger partial charge < -0.3 is 10.5 Å². The van der Waals surface area contributed by atoms with Crippen LogP contribution < -0.4 is 10.6 Å². The molecule has 0 unspecified atom stereocenters. The number of carbonyl (C=O) groups excluding carboxylic acids is 2. The van der Waals surface area contributed by atoms with Gasteiger partial charge in [0.05, 0.1) is 29.9 Å². The van der Waals surface area contributed by atoms with Crippen molar-refractivity contribution in [2.45, 2.75) is 44.8 Å². The van der Waals surface area contributed by atoms with E-state index in [4.69, 9.17) is 15.9 Å². The Kier molecular flexibility index (Phi) is 9.40. The van der Waals surface area contributed by atoms with Crippen molar-refractivity contribution in [1.29, 1.82) is 10.7 Å². The molecule has 1 atom stereocenters. The number of esters is 1. The van der Waals surface area contributed by atoms with E-state index < -0.39 is 35.7 Å². The highest BCUT2D eigenvalue weighted by Crippen LogP contribution is 2.42. The Balaban J connectivity index is 2.28. The summed E-state index contributed by atoms with van der Waals surface area (Å²) in [5, 5.41) is 19.2. The summed E-state index contributed by atoms with van der Waals surface area (Å²) in [5.74, 6) is -1.38. The average molecular weight is 606 g/mol. The third kappa shape index (κ3) is 6.25. The fourth-order valence-corrected chi connectivity index (χ4v) is 5.01. The maximum Gasteiger partial charge on any atom is 0.416 e. The van der Waals surface area contributed by atoms with Crippen LogP contribution in [0.25, 0.3) is 0 Å². The number of carbonyl (C=O) groups is 2. The number of rotatable bonds is 8. The Morgan fingerprint density at radius 1 is 1.18 bits per heavy atom. The highest BCUT2D eigenvalue weighted by Gasteiger charge is 2.44. The van der Waals surface area contributed by atoms with E-state index in [0.29, 0.717) is 23.1 Å². The van der Waals surface area contributed by atoms with Crippen molar-refractivity contribution >= 4 is 39.6 Å². The number of urea groups is 1. The van der Waals surface area contributed by atoms with E-state index in [9.17, 15) is 28.0 Å². The number of nitrogens with two attached hydrogens (primary N) is 1. The summed E-state index contributed by atoms with van der Waals surface area (Å²) < 4.78 is 45.4. The number of aryl methyl sites for hydroxylation is 1. The Hall–Kier alpha value is -3.85. The molecule has 3 N–H and O–H groups in total. The largest absolute Gasteiger partial charge is 0.466 e. The minimum absolute atomic E-state index is 0.0730. The molecule has 0 aliphatic carbocycles. The third-order valence-corrected chi connectivity index (χ3v) is 6.98. The van der Waals surface area contributed by atoms with Gasteiger partial charge in [-0.2, -0.15) is 18.4 Å². The summed E-state index contributed by atoms with van der Waals surface area (Å²) in [6.45, 7) is 1.46. The predicted molar refractivity (Wildman–Crippen MR) is 143 cm³/mol. The van der Waals surface area contributed by atoms with E-state index in [0.717, 1.165) is 53.6 Å². The fourth-order valence-electron chi connectivity index (χ4n) is 4.61. The van der Waals surface area contributed by atoms with Crippen LogP contribution in [0.2, 0.25) is 0 Å². The molecule has 8 nitrogen and oxygen atoms in total. The molecule has 39 heavy (non-hydrogen) atoms. The number of amides is 2. The molecular weight excluding hydrogens is 579 g/mol. The SMILES string of the molecule is COC(=O)C1=C(C)N(c2cccc(C(F)(F)F)c2)C(=N)N(C(N)=O)[C@@H]1c1ccc(C#N)cc1CCCCCBr. The predicted octanol–water partition coefficient (Wildman–Crippen LogP) is 6.01. The Morgan fingerprint density at radius 2 is 1.90 bits per heavy atom. The lowest BCUT2D eigenvalue weighted by atomic mass is 9.87.